The number of amides is 1. The molecule has 1 aliphatic carbocycles. The van der Waals surface area contributed by atoms with Crippen molar-refractivity contribution >= 4 is 15.9 Å². The smallest absolute Gasteiger partial charge is 0.243 e. The third-order valence-electron chi connectivity index (χ3n) is 6.90. The Bertz CT molecular complexity index is 1010. The number of carbonyl (C=O) groups is 1. The summed E-state index contributed by atoms with van der Waals surface area (Å²) in [6.45, 7) is 3.79. The van der Waals surface area contributed by atoms with E-state index in [1.165, 1.54) is 16.3 Å². The van der Waals surface area contributed by atoms with Crippen LogP contribution in [0.4, 0.5) is 0 Å². The Balaban J connectivity index is 1.31. The van der Waals surface area contributed by atoms with E-state index in [-0.39, 0.29) is 22.1 Å². The first-order valence-corrected chi connectivity index (χ1v) is 12.9. The van der Waals surface area contributed by atoms with Gasteiger partial charge in [-0.05, 0) is 62.4 Å². The monoisotopic (exact) mass is 456 g/mol. The summed E-state index contributed by atoms with van der Waals surface area (Å²) >= 11 is 0. The maximum absolute atomic E-state index is 13.0. The van der Waals surface area contributed by atoms with Crippen molar-refractivity contribution < 1.29 is 17.9 Å². The van der Waals surface area contributed by atoms with Gasteiger partial charge in [-0.2, -0.15) is 4.31 Å². The van der Waals surface area contributed by atoms with Gasteiger partial charge in [-0.15, -0.1) is 0 Å². The molecule has 0 radical (unpaired) electrons. The molecule has 1 amide bonds. The van der Waals surface area contributed by atoms with Crippen LogP contribution in [0.5, 0.6) is 5.75 Å². The zero-order chi connectivity index (χ0) is 22.6. The number of piperidine rings is 1. The second kappa shape index (κ2) is 9.63. The van der Waals surface area contributed by atoms with Gasteiger partial charge in [-0.3, -0.25) is 4.79 Å². The molecule has 0 atom stereocenters. The topological polar surface area (TPSA) is 75.7 Å². The standard InChI is InChI=1S/C25H32N2O4S/c1-2-31-22-9-11-23(12-10-22)32(29,30)27-17-13-20(14-18-27)24(28)26-19-25(15-6-16-25)21-7-4-3-5-8-21/h3-5,7-12,20H,2,6,13-19H2,1H3,(H,26,28). The van der Waals surface area contributed by atoms with Crippen LogP contribution in [-0.2, 0) is 20.2 Å². The zero-order valence-corrected chi connectivity index (χ0v) is 19.4. The van der Waals surface area contributed by atoms with E-state index in [4.69, 9.17) is 4.74 Å². The van der Waals surface area contributed by atoms with Crippen LogP contribution in [0.1, 0.15) is 44.6 Å². The first kappa shape index (κ1) is 22.8. The normalized spacial score (nSPS) is 19.2. The minimum Gasteiger partial charge on any atom is -0.494 e. The van der Waals surface area contributed by atoms with Gasteiger partial charge < -0.3 is 10.1 Å². The molecule has 1 saturated heterocycles. The van der Waals surface area contributed by atoms with Gasteiger partial charge in [0.15, 0.2) is 0 Å². The summed E-state index contributed by atoms with van der Waals surface area (Å²) in [6, 6.07) is 16.9. The molecule has 2 aromatic carbocycles. The van der Waals surface area contributed by atoms with Gasteiger partial charge in [0.2, 0.25) is 15.9 Å². The quantitative estimate of drug-likeness (QED) is 0.657. The second-order valence-corrected chi connectivity index (χ2v) is 10.7. The molecule has 6 nitrogen and oxygen atoms in total. The van der Waals surface area contributed by atoms with Gasteiger partial charge in [-0.1, -0.05) is 36.8 Å². The fourth-order valence-electron chi connectivity index (χ4n) is 4.75. The molecule has 0 bridgehead atoms. The fraction of sp³-hybridized carbons (Fsp3) is 0.480. The van der Waals surface area contributed by atoms with Crippen molar-refractivity contribution in [2.24, 2.45) is 5.92 Å². The lowest BCUT2D eigenvalue weighted by atomic mass is 9.64. The van der Waals surface area contributed by atoms with Crippen LogP contribution in [0.3, 0.4) is 0 Å². The van der Waals surface area contributed by atoms with Crippen LogP contribution in [0.2, 0.25) is 0 Å². The largest absolute Gasteiger partial charge is 0.494 e. The molecule has 1 heterocycles. The lowest BCUT2D eigenvalue weighted by Gasteiger charge is -2.43. The number of nitrogens with one attached hydrogen (secondary N) is 1. The van der Waals surface area contributed by atoms with E-state index in [2.05, 4.69) is 29.6 Å². The van der Waals surface area contributed by atoms with Crippen LogP contribution in [0, 0.1) is 5.92 Å². The highest BCUT2D eigenvalue weighted by atomic mass is 32.2. The summed E-state index contributed by atoms with van der Waals surface area (Å²) < 4.78 is 32.8. The van der Waals surface area contributed by atoms with Crippen LogP contribution >= 0.6 is 0 Å². The number of carbonyl (C=O) groups excluding carboxylic acids is 1. The highest BCUT2D eigenvalue weighted by molar-refractivity contribution is 7.89. The van der Waals surface area contributed by atoms with Crippen molar-refractivity contribution in [2.45, 2.75) is 49.3 Å². The average molecular weight is 457 g/mol. The molecule has 0 unspecified atom stereocenters. The van der Waals surface area contributed by atoms with Crippen LogP contribution in [0.15, 0.2) is 59.5 Å². The van der Waals surface area contributed by atoms with Crippen LogP contribution < -0.4 is 10.1 Å². The molecule has 1 aliphatic heterocycles. The summed E-state index contributed by atoms with van der Waals surface area (Å²) in [7, 11) is -3.56. The summed E-state index contributed by atoms with van der Waals surface area (Å²) in [5, 5.41) is 3.18. The number of rotatable bonds is 8. The Kier molecular flexibility index (Phi) is 6.86. The zero-order valence-electron chi connectivity index (χ0n) is 18.6. The van der Waals surface area contributed by atoms with Gasteiger partial charge in [0.25, 0.3) is 0 Å². The van der Waals surface area contributed by atoms with E-state index in [0.717, 1.165) is 12.8 Å². The van der Waals surface area contributed by atoms with Crippen LogP contribution in [-0.4, -0.2) is 44.9 Å². The molecule has 2 aliphatic rings. The predicted molar refractivity (Wildman–Crippen MR) is 124 cm³/mol. The third-order valence-corrected chi connectivity index (χ3v) is 8.81. The van der Waals surface area contributed by atoms with Gasteiger partial charge in [0.05, 0.1) is 11.5 Å². The highest BCUT2D eigenvalue weighted by Gasteiger charge is 2.39. The van der Waals surface area contributed by atoms with Crippen molar-refractivity contribution in [3.05, 3.63) is 60.2 Å². The molecular weight excluding hydrogens is 424 g/mol. The van der Waals surface area contributed by atoms with Crippen molar-refractivity contribution in [1.82, 2.24) is 9.62 Å². The summed E-state index contributed by atoms with van der Waals surface area (Å²) in [4.78, 5) is 13.1. The highest BCUT2D eigenvalue weighted by Crippen LogP contribution is 2.43. The second-order valence-electron chi connectivity index (χ2n) is 8.80. The average Bonchev–Trinajstić information content (AvgIpc) is 2.80. The Morgan fingerprint density at radius 3 is 2.28 bits per heavy atom. The predicted octanol–water partition coefficient (Wildman–Crippen LogP) is 3.72. The van der Waals surface area contributed by atoms with Crippen molar-refractivity contribution in [3.8, 4) is 5.75 Å². The van der Waals surface area contributed by atoms with Gasteiger partial charge in [0.1, 0.15) is 5.75 Å². The van der Waals surface area contributed by atoms with E-state index < -0.39 is 10.0 Å². The lowest BCUT2D eigenvalue weighted by Crippen LogP contribution is -2.48. The van der Waals surface area contributed by atoms with Crippen LogP contribution in [0.25, 0.3) is 0 Å². The SMILES string of the molecule is CCOc1ccc(S(=O)(=O)N2CCC(C(=O)NCC3(c4ccccc4)CCC3)CC2)cc1. The Morgan fingerprint density at radius 2 is 1.72 bits per heavy atom. The first-order valence-electron chi connectivity index (χ1n) is 11.5. The molecular formula is C25H32N2O4S. The van der Waals surface area contributed by atoms with Crippen molar-refractivity contribution in [3.63, 3.8) is 0 Å². The number of nitrogens with zero attached hydrogens (tertiary/aromatic N) is 1. The lowest BCUT2D eigenvalue weighted by molar-refractivity contribution is -0.126. The fourth-order valence-corrected chi connectivity index (χ4v) is 6.22. The molecule has 0 aromatic heterocycles. The van der Waals surface area contributed by atoms with Gasteiger partial charge in [0, 0.05) is 31.0 Å². The van der Waals surface area contributed by atoms with E-state index >= 15 is 0 Å². The number of hydrogen-bond donors (Lipinski definition) is 1. The maximum Gasteiger partial charge on any atom is 0.243 e. The Hall–Kier alpha value is -2.38. The van der Waals surface area contributed by atoms with Gasteiger partial charge >= 0.3 is 0 Å². The summed E-state index contributed by atoms with van der Waals surface area (Å²) in [6.07, 6.45) is 4.46. The number of benzene rings is 2. The molecule has 1 saturated carbocycles. The van der Waals surface area contributed by atoms with Crippen molar-refractivity contribution in [1.29, 1.82) is 0 Å². The summed E-state index contributed by atoms with van der Waals surface area (Å²) in [5.41, 5.74) is 1.34. The number of hydrogen-bond acceptors (Lipinski definition) is 4. The number of ether oxygens (including phenoxy) is 1. The van der Waals surface area contributed by atoms with E-state index in [9.17, 15) is 13.2 Å². The molecule has 1 N–H and O–H groups in total. The Morgan fingerprint density at radius 1 is 1.06 bits per heavy atom. The minimum atomic E-state index is -3.56. The molecule has 4 rings (SSSR count). The first-order chi connectivity index (χ1) is 15.4. The third kappa shape index (κ3) is 4.69. The minimum absolute atomic E-state index is 0.0466. The van der Waals surface area contributed by atoms with Gasteiger partial charge in [-0.25, -0.2) is 8.42 Å². The van der Waals surface area contributed by atoms with E-state index in [0.29, 0.717) is 44.8 Å². The molecule has 7 heteroatoms. The maximum atomic E-state index is 13.0. The molecule has 2 fully saturated rings. The van der Waals surface area contributed by atoms with E-state index in [1.807, 2.05) is 13.0 Å². The molecule has 0 spiro atoms. The number of sulfonamides is 1. The van der Waals surface area contributed by atoms with Crippen molar-refractivity contribution in [2.75, 3.05) is 26.2 Å². The Labute approximate surface area is 191 Å². The molecule has 2 aromatic rings. The van der Waals surface area contributed by atoms with E-state index in [1.54, 1.807) is 24.3 Å². The molecule has 32 heavy (non-hydrogen) atoms. The molecule has 172 valence electrons. The summed E-state index contributed by atoms with van der Waals surface area (Å²) in [5.74, 6) is 0.557.